The lowest BCUT2D eigenvalue weighted by molar-refractivity contribution is 0.0954. The van der Waals surface area contributed by atoms with Crippen molar-refractivity contribution in [3.05, 3.63) is 89.8 Å². The quantitative estimate of drug-likeness (QED) is 0.687. The number of carbonyl (C=O) groups excluding carboxylic acids is 1. The fraction of sp³-hybridized carbons (Fsp3) is 0.150. The molecular weight excluding hydrogens is 331 g/mol. The molecule has 2 heterocycles. The normalized spacial score (nSPS) is 10.3. The summed E-state index contributed by atoms with van der Waals surface area (Å²) < 4.78 is 12.9. The predicted octanol–water partition coefficient (Wildman–Crippen LogP) is 3.20. The Morgan fingerprint density at radius 3 is 2.50 bits per heavy atom. The third-order valence-corrected chi connectivity index (χ3v) is 3.86. The first-order valence-corrected chi connectivity index (χ1v) is 8.31. The van der Waals surface area contributed by atoms with Crippen LogP contribution in [-0.2, 0) is 13.0 Å². The number of amides is 1. The number of pyridine rings is 2. The van der Waals surface area contributed by atoms with Crippen molar-refractivity contribution in [2.75, 3.05) is 11.9 Å². The van der Waals surface area contributed by atoms with Gasteiger partial charge in [0.05, 0.1) is 11.3 Å². The van der Waals surface area contributed by atoms with E-state index in [0.717, 1.165) is 16.8 Å². The molecule has 0 saturated carbocycles. The van der Waals surface area contributed by atoms with Crippen LogP contribution in [0.1, 0.15) is 21.5 Å². The molecule has 0 spiro atoms. The first-order valence-electron chi connectivity index (χ1n) is 8.31. The van der Waals surface area contributed by atoms with Crippen molar-refractivity contribution in [3.63, 3.8) is 0 Å². The van der Waals surface area contributed by atoms with Gasteiger partial charge in [0.1, 0.15) is 5.82 Å². The van der Waals surface area contributed by atoms with Crippen molar-refractivity contribution in [2.45, 2.75) is 13.0 Å². The minimum absolute atomic E-state index is 0.188. The van der Waals surface area contributed by atoms with E-state index in [4.69, 9.17) is 0 Å². The molecular formula is C20H19FN4O. The van der Waals surface area contributed by atoms with E-state index >= 15 is 0 Å². The Bertz CT molecular complexity index is 853. The van der Waals surface area contributed by atoms with Crippen LogP contribution in [0.15, 0.2) is 67.3 Å². The molecule has 2 aromatic heterocycles. The number of carbonyl (C=O) groups is 1. The zero-order valence-corrected chi connectivity index (χ0v) is 14.2. The highest BCUT2D eigenvalue weighted by Crippen LogP contribution is 2.10. The van der Waals surface area contributed by atoms with Gasteiger partial charge in [-0.3, -0.25) is 14.8 Å². The van der Waals surface area contributed by atoms with E-state index in [-0.39, 0.29) is 11.7 Å². The standard InChI is InChI=1S/C20H19FN4O/c21-18-3-1-15(2-4-18)7-10-24-20(26)17-11-19(14-23-13-17)25-12-16-5-8-22-9-6-16/h1-6,8-9,11,13-14,25H,7,10,12H2,(H,24,26). The molecule has 0 saturated heterocycles. The second-order valence-corrected chi connectivity index (χ2v) is 5.80. The minimum atomic E-state index is -0.264. The molecule has 0 radical (unpaired) electrons. The summed E-state index contributed by atoms with van der Waals surface area (Å²) in [5.74, 6) is -0.452. The average Bonchev–Trinajstić information content (AvgIpc) is 2.69. The largest absolute Gasteiger partial charge is 0.380 e. The van der Waals surface area contributed by atoms with Crippen molar-refractivity contribution < 1.29 is 9.18 Å². The molecule has 0 aliphatic rings. The number of hydrogen-bond donors (Lipinski definition) is 2. The van der Waals surface area contributed by atoms with Crippen LogP contribution < -0.4 is 10.6 Å². The van der Waals surface area contributed by atoms with Gasteiger partial charge in [-0.1, -0.05) is 12.1 Å². The van der Waals surface area contributed by atoms with Crippen molar-refractivity contribution >= 4 is 11.6 Å². The van der Waals surface area contributed by atoms with Gasteiger partial charge in [-0.05, 0) is 47.9 Å². The third kappa shape index (κ3) is 5.11. The molecule has 3 aromatic rings. The molecule has 1 amide bonds. The van der Waals surface area contributed by atoms with Crippen molar-refractivity contribution in [1.29, 1.82) is 0 Å². The molecule has 0 aliphatic carbocycles. The van der Waals surface area contributed by atoms with Crippen LogP contribution >= 0.6 is 0 Å². The highest BCUT2D eigenvalue weighted by atomic mass is 19.1. The lowest BCUT2D eigenvalue weighted by Gasteiger charge is -2.09. The van der Waals surface area contributed by atoms with E-state index < -0.39 is 0 Å². The Morgan fingerprint density at radius 1 is 0.962 bits per heavy atom. The fourth-order valence-corrected chi connectivity index (χ4v) is 2.44. The Labute approximate surface area is 151 Å². The second kappa shape index (κ2) is 8.71. The number of rotatable bonds is 7. The maximum absolute atomic E-state index is 12.9. The molecule has 26 heavy (non-hydrogen) atoms. The number of aromatic nitrogens is 2. The molecule has 0 atom stereocenters. The number of nitrogens with zero attached hydrogens (tertiary/aromatic N) is 2. The van der Waals surface area contributed by atoms with Gasteiger partial charge in [-0.25, -0.2) is 4.39 Å². The molecule has 132 valence electrons. The van der Waals surface area contributed by atoms with E-state index in [0.29, 0.717) is 25.1 Å². The molecule has 0 bridgehead atoms. The van der Waals surface area contributed by atoms with Gasteiger partial charge in [0, 0.05) is 37.9 Å². The highest BCUT2D eigenvalue weighted by Gasteiger charge is 2.07. The monoisotopic (exact) mass is 350 g/mol. The van der Waals surface area contributed by atoms with E-state index in [2.05, 4.69) is 20.6 Å². The number of hydrogen-bond acceptors (Lipinski definition) is 4. The van der Waals surface area contributed by atoms with Gasteiger partial charge in [0.25, 0.3) is 5.91 Å². The molecule has 0 aliphatic heterocycles. The van der Waals surface area contributed by atoms with E-state index in [1.807, 2.05) is 12.1 Å². The van der Waals surface area contributed by atoms with Crippen molar-refractivity contribution in [1.82, 2.24) is 15.3 Å². The zero-order valence-electron chi connectivity index (χ0n) is 14.2. The first kappa shape index (κ1) is 17.5. The van der Waals surface area contributed by atoms with E-state index in [1.165, 1.54) is 18.3 Å². The molecule has 0 unspecified atom stereocenters. The van der Waals surface area contributed by atoms with Gasteiger partial charge in [0.2, 0.25) is 0 Å². The summed E-state index contributed by atoms with van der Waals surface area (Å²) in [5.41, 5.74) is 3.32. The fourth-order valence-electron chi connectivity index (χ4n) is 2.44. The van der Waals surface area contributed by atoms with Crippen LogP contribution in [0.25, 0.3) is 0 Å². The van der Waals surface area contributed by atoms with E-state index in [1.54, 1.807) is 36.8 Å². The predicted molar refractivity (Wildman–Crippen MR) is 98.2 cm³/mol. The number of halogens is 1. The second-order valence-electron chi connectivity index (χ2n) is 5.80. The Morgan fingerprint density at radius 2 is 1.73 bits per heavy atom. The Balaban J connectivity index is 1.51. The molecule has 2 N–H and O–H groups in total. The maximum Gasteiger partial charge on any atom is 0.252 e. The topological polar surface area (TPSA) is 66.9 Å². The summed E-state index contributed by atoms with van der Waals surface area (Å²) in [5, 5.41) is 6.09. The zero-order chi connectivity index (χ0) is 18.2. The summed E-state index contributed by atoms with van der Waals surface area (Å²) in [7, 11) is 0. The van der Waals surface area contributed by atoms with Gasteiger partial charge in [-0.15, -0.1) is 0 Å². The summed E-state index contributed by atoms with van der Waals surface area (Å²) in [4.78, 5) is 20.4. The summed E-state index contributed by atoms with van der Waals surface area (Å²) in [6.45, 7) is 1.10. The van der Waals surface area contributed by atoms with Crippen molar-refractivity contribution in [2.24, 2.45) is 0 Å². The Kier molecular flexibility index (Phi) is 5.88. The molecule has 6 heteroatoms. The molecule has 0 fully saturated rings. The van der Waals surface area contributed by atoms with Gasteiger partial charge >= 0.3 is 0 Å². The molecule has 5 nitrogen and oxygen atoms in total. The summed E-state index contributed by atoms with van der Waals surface area (Å²) in [6, 6.07) is 11.9. The van der Waals surface area contributed by atoms with Crippen LogP contribution in [0.5, 0.6) is 0 Å². The SMILES string of the molecule is O=C(NCCc1ccc(F)cc1)c1cncc(NCc2ccncc2)c1. The Hall–Kier alpha value is -3.28. The highest BCUT2D eigenvalue weighted by molar-refractivity contribution is 5.94. The minimum Gasteiger partial charge on any atom is -0.380 e. The smallest absolute Gasteiger partial charge is 0.252 e. The van der Waals surface area contributed by atoms with Crippen LogP contribution in [0.3, 0.4) is 0 Å². The van der Waals surface area contributed by atoms with Crippen LogP contribution in [0.4, 0.5) is 10.1 Å². The van der Waals surface area contributed by atoms with Gasteiger partial charge in [0.15, 0.2) is 0 Å². The van der Waals surface area contributed by atoms with E-state index in [9.17, 15) is 9.18 Å². The lowest BCUT2D eigenvalue weighted by Crippen LogP contribution is -2.25. The lowest BCUT2D eigenvalue weighted by atomic mass is 10.1. The average molecular weight is 350 g/mol. The maximum atomic E-state index is 12.9. The number of nitrogens with one attached hydrogen (secondary N) is 2. The molecule has 1 aromatic carbocycles. The molecule has 3 rings (SSSR count). The van der Waals surface area contributed by atoms with Gasteiger partial charge < -0.3 is 10.6 Å². The van der Waals surface area contributed by atoms with Gasteiger partial charge in [-0.2, -0.15) is 0 Å². The number of anilines is 1. The van der Waals surface area contributed by atoms with Crippen molar-refractivity contribution in [3.8, 4) is 0 Å². The summed E-state index contributed by atoms with van der Waals surface area (Å²) >= 11 is 0. The first-order chi connectivity index (χ1) is 12.7. The summed E-state index contributed by atoms with van der Waals surface area (Å²) in [6.07, 6.45) is 7.32. The van der Waals surface area contributed by atoms with Crippen LogP contribution in [0.2, 0.25) is 0 Å². The number of benzene rings is 1. The van der Waals surface area contributed by atoms with Crippen LogP contribution in [0, 0.1) is 5.82 Å². The third-order valence-electron chi connectivity index (χ3n) is 3.86. The van der Waals surface area contributed by atoms with Crippen LogP contribution in [-0.4, -0.2) is 22.4 Å².